The first-order chi connectivity index (χ1) is 11.8. The van der Waals surface area contributed by atoms with Crippen molar-refractivity contribution in [2.45, 2.75) is 39.7 Å². The number of hydrogen-bond donors (Lipinski definition) is 3. The number of ether oxygens (including phenoxy) is 1. The van der Waals surface area contributed by atoms with Gasteiger partial charge < -0.3 is 25.1 Å². The first-order valence-electron chi connectivity index (χ1n) is 8.42. The van der Waals surface area contributed by atoms with E-state index < -0.39 is 11.7 Å². The zero-order valence-electron chi connectivity index (χ0n) is 16.1. The van der Waals surface area contributed by atoms with Crippen LogP contribution in [0.3, 0.4) is 0 Å². The van der Waals surface area contributed by atoms with Crippen LogP contribution in [0.4, 0.5) is 4.79 Å². The van der Waals surface area contributed by atoms with Crippen LogP contribution in [0, 0.1) is 0 Å². The molecule has 1 heterocycles. The van der Waals surface area contributed by atoms with Crippen molar-refractivity contribution in [1.82, 2.24) is 16.0 Å². The van der Waals surface area contributed by atoms with Gasteiger partial charge >= 0.3 is 6.09 Å². The molecule has 0 saturated carbocycles. The van der Waals surface area contributed by atoms with E-state index in [0.29, 0.717) is 32.1 Å². The van der Waals surface area contributed by atoms with E-state index in [0.717, 1.165) is 17.8 Å². The van der Waals surface area contributed by atoms with E-state index in [4.69, 9.17) is 9.15 Å². The average molecular weight is 478 g/mol. The van der Waals surface area contributed by atoms with Crippen LogP contribution in [0.15, 0.2) is 40.0 Å². The second kappa shape index (κ2) is 12.6. The number of alkyl carbamates (subject to hydrolysis) is 1. The number of carbonyl (C=O) groups is 1. The quantitative estimate of drug-likeness (QED) is 0.176. The third-order valence-corrected chi connectivity index (χ3v) is 2.84. The molecule has 8 heteroatoms. The minimum atomic E-state index is -0.501. The van der Waals surface area contributed by atoms with E-state index in [-0.39, 0.29) is 24.0 Å². The molecular weight excluding hydrogens is 447 g/mol. The Balaban J connectivity index is 0.00000625. The van der Waals surface area contributed by atoms with Gasteiger partial charge in [0.15, 0.2) is 5.96 Å². The van der Waals surface area contributed by atoms with Gasteiger partial charge in [0, 0.05) is 26.1 Å². The number of nitrogens with zero attached hydrogens (tertiary/aromatic N) is 1. The number of guanidine groups is 1. The van der Waals surface area contributed by atoms with Crippen molar-refractivity contribution in [3.63, 3.8) is 0 Å². The van der Waals surface area contributed by atoms with Crippen molar-refractivity contribution in [2.75, 3.05) is 26.2 Å². The van der Waals surface area contributed by atoms with Crippen molar-refractivity contribution in [3.05, 3.63) is 36.3 Å². The van der Waals surface area contributed by atoms with Crippen LogP contribution >= 0.6 is 24.0 Å². The molecule has 7 nitrogen and oxygen atoms in total. The molecule has 0 saturated heterocycles. The number of amides is 1. The number of carbonyl (C=O) groups excluding carboxylic acids is 1. The van der Waals surface area contributed by atoms with Gasteiger partial charge in [-0.05, 0) is 39.8 Å². The van der Waals surface area contributed by atoms with Crippen molar-refractivity contribution in [1.29, 1.82) is 0 Å². The summed E-state index contributed by atoms with van der Waals surface area (Å²) in [5.41, 5.74) is 0.470. The Morgan fingerprint density at radius 1 is 1.23 bits per heavy atom. The highest BCUT2D eigenvalue weighted by atomic mass is 127. The predicted octanol–water partition coefficient (Wildman–Crippen LogP) is 3.08. The van der Waals surface area contributed by atoms with Gasteiger partial charge in [0.05, 0.1) is 12.8 Å². The zero-order chi connectivity index (χ0) is 18.7. The lowest BCUT2D eigenvalue weighted by molar-refractivity contribution is 0.0529. The molecule has 0 aliphatic heterocycles. The van der Waals surface area contributed by atoms with E-state index in [2.05, 4.69) is 27.5 Å². The second-order valence-electron chi connectivity index (χ2n) is 6.73. The zero-order valence-corrected chi connectivity index (χ0v) is 18.4. The normalized spacial score (nSPS) is 11.3. The molecule has 0 spiro atoms. The standard InChI is InChI=1S/C18H30N4O3.HI/c1-14(2)13-22-16(19-9-8-15-7-6-12-24-15)20-10-11-21-17(23)25-18(3,4)5;/h6-7,12H,1,8-11,13H2,2-5H3,(H,21,23)(H2,19,20,22);1H. The van der Waals surface area contributed by atoms with Crippen LogP contribution in [0.1, 0.15) is 33.5 Å². The molecule has 0 aromatic carbocycles. The topological polar surface area (TPSA) is 87.9 Å². The van der Waals surface area contributed by atoms with Gasteiger partial charge in [-0.3, -0.25) is 0 Å². The molecular formula is C18H31IN4O3. The highest BCUT2D eigenvalue weighted by molar-refractivity contribution is 14.0. The lowest BCUT2D eigenvalue weighted by atomic mass is 10.2. The predicted molar refractivity (Wildman–Crippen MR) is 115 cm³/mol. The van der Waals surface area contributed by atoms with E-state index >= 15 is 0 Å². The summed E-state index contributed by atoms with van der Waals surface area (Å²) in [5.74, 6) is 1.58. The van der Waals surface area contributed by atoms with Crippen LogP contribution in [0.2, 0.25) is 0 Å². The Morgan fingerprint density at radius 2 is 1.88 bits per heavy atom. The molecule has 0 bridgehead atoms. The molecule has 0 aliphatic carbocycles. The molecule has 1 rings (SSSR count). The fourth-order valence-corrected chi connectivity index (χ4v) is 1.81. The fraction of sp³-hybridized carbons (Fsp3) is 0.556. The largest absolute Gasteiger partial charge is 0.469 e. The summed E-state index contributed by atoms with van der Waals surface area (Å²) in [7, 11) is 0. The number of halogens is 1. The minimum absolute atomic E-state index is 0. The fourth-order valence-electron chi connectivity index (χ4n) is 1.81. The van der Waals surface area contributed by atoms with Crippen molar-refractivity contribution < 1.29 is 13.9 Å². The highest BCUT2D eigenvalue weighted by Gasteiger charge is 2.15. The summed E-state index contributed by atoms with van der Waals surface area (Å²) in [6, 6.07) is 3.80. The first kappa shape index (κ1) is 24.3. The van der Waals surface area contributed by atoms with Crippen LogP contribution in [-0.4, -0.2) is 43.8 Å². The Morgan fingerprint density at radius 3 is 2.46 bits per heavy atom. The maximum absolute atomic E-state index is 11.6. The smallest absolute Gasteiger partial charge is 0.407 e. The van der Waals surface area contributed by atoms with Crippen LogP contribution < -0.4 is 16.0 Å². The number of furan rings is 1. The first-order valence-corrected chi connectivity index (χ1v) is 8.42. The van der Waals surface area contributed by atoms with Gasteiger partial charge in [-0.15, -0.1) is 24.0 Å². The second-order valence-corrected chi connectivity index (χ2v) is 6.73. The Labute approximate surface area is 173 Å². The molecule has 26 heavy (non-hydrogen) atoms. The van der Waals surface area contributed by atoms with Gasteiger partial charge in [0.25, 0.3) is 0 Å². The lowest BCUT2D eigenvalue weighted by Crippen LogP contribution is -2.43. The van der Waals surface area contributed by atoms with Crippen LogP contribution in [-0.2, 0) is 11.2 Å². The van der Waals surface area contributed by atoms with Gasteiger partial charge in [-0.1, -0.05) is 12.2 Å². The van der Waals surface area contributed by atoms with E-state index in [1.165, 1.54) is 0 Å². The molecule has 148 valence electrons. The highest BCUT2D eigenvalue weighted by Crippen LogP contribution is 2.06. The summed E-state index contributed by atoms with van der Waals surface area (Å²) in [6.07, 6.45) is 1.99. The minimum Gasteiger partial charge on any atom is -0.469 e. The Bertz CT molecular complexity index is 565. The third kappa shape index (κ3) is 12.6. The van der Waals surface area contributed by atoms with Gasteiger partial charge in [-0.25, -0.2) is 9.79 Å². The average Bonchev–Trinajstić information content (AvgIpc) is 2.99. The molecule has 0 unspecified atom stereocenters. The van der Waals surface area contributed by atoms with Gasteiger partial charge in [-0.2, -0.15) is 0 Å². The lowest BCUT2D eigenvalue weighted by Gasteiger charge is -2.20. The molecule has 1 amide bonds. The number of nitrogens with one attached hydrogen (secondary N) is 3. The summed E-state index contributed by atoms with van der Waals surface area (Å²) >= 11 is 0. The van der Waals surface area contributed by atoms with Crippen molar-refractivity contribution in [3.8, 4) is 0 Å². The SMILES string of the molecule is C=C(C)CN=C(NCCNC(=O)OC(C)(C)C)NCCc1ccco1.I. The molecule has 0 atom stereocenters. The molecule has 0 aliphatic rings. The van der Waals surface area contributed by atoms with Crippen molar-refractivity contribution in [2.24, 2.45) is 4.99 Å². The summed E-state index contributed by atoms with van der Waals surface area (Å²) in [4.78, 5) is 16.0. The van der Waals surface area contributed by atoms with Crippen LogP contribution in [0.25, 0.3) is 0 Å². The van der Waals surface area contributed by atoms with Crippen molar-refractivity contribution >= 4 is 36.0 Å². The molecule has 0 radical (unpaired) electrons. The molecule has 1 aromatic rings. The number of rotatable bonds is 8. The summed E-state index contributed by atoms with van der Waals surface area (Å²) in [6.45, 7) is 13.5. The number of hydrogen-bond acceptors (Lipinski definition) is 4. The van der Waals surface area contributed by atoms with Gasteiger partial charge in [0.2, 0.25) is 0 Å². The van der Waals surface area contributed by atoms with E-state index in [1.807, 2.05) is 39.8 Å². The van der Waals surface area contributed by atoms with Gasteiger partial charge in [0.1, 0.15) is 11.4 Å². The summed E-state index contributed by atoms with van der Waals surface area (Å²) < 4.78 is 10.5. The number of aliphatic imine (C=N–C) groups is 1. The molecule has 0 fully saturated rings. The van der Waals surface area contributed by atoms with E-state index in [1.54, 1.807) is 6.26 Å². The maximum Gasteiger partial charge on any atom is 0.407 e. The third-order valence-electron chi connectivity index (χ3n) is 2.84. The molecule has 1 aromatic heterocycles. The Hall–Kier alpha value is -1.71. The maximum atomic E-state index is 11.6. The van der Waals surface area contributed by atoms with Crippen LogP contribution in [0.5, 0.6) is 0 Å². The molecule has 3 N–H and O–H groups in total. The summed E-state index contributed by atoms with van der Waals surface area (Å²) in [5, 5.41) is 9.10. The van der Waals surface area contributed by atoms with E-state index in [9.17, 15) is 4.79 Å². The monoisotopic (exact) mass is 478 g/mol. The Kier molecular flexibility index (Phi) is 11.8.